The number of nitrogens with two attached hydrogens (primary N) is 1. The van der Waals surface area contributed by atoms with Gasteiger partial charge in [-0.15, -0.1) is 0 Å². The molecule has 1 unspecified atom stereocenters. The second-order valence-electron chi connectivity index (χ2n) is 4.45. The molecule has 0 aliphatic heterocycles. The van der Waals surface area contributed by atoms with Crippen molar-refractivity contribution >= 4 is 23.2 Å². The van der Waals surface area contributed by atoms with Gasteiger partial charge in [0, 0.05) is 28.2 Å². The third-order valence-electron chi connectivity index (χ3n) is 3.34. The number of likely N-dealkylation sites (N-methyl/N-ethyl adjacent to an activating group) is 1. The molecule has 94 valence electrons. The fraction of sp³-hybridized carbons (Fsp3) is 0.538. The van der Waals surface area contributed by atoms with E-state index >= 15 is 0 Å². The van der Waals surface area contributed by atoms with E-state index in [1.165, 1.54) is 12.8 Å². The molecule has 0 amide bonds. The van der Waals surface area contributed by atoms with E-state index in [0.29, 0.717) is 22.6 Å². The molecular weight excluding hydrogens is 255 g/mol. The number of hydrogen-bond donors (Lipinski definition) is 1. The van der Waals surface area contributed by atoms with Crippen molar-refractivity contribution in [1.82, 2.24) is 4.90 Å². The third kappa shape index (κ3) is 2.76. The van der Waals surface area contributed by atoms with E-state index in [4.69, 9.17) is 28.9 Å². The van der Waals surface area contributed by atoms with Gasteiger partial charge < -0.3 is 5.73 Å². The SMILES string of the molecule is CCN(C1CC1)C(CN)c1c(Cl)cccc1Cl. The van der Waals surface area contributed by atoms with Gasteiger partial charge in [0.2, 0.25) is 0 Å². The van der Waals surface area contributed by atoms with E-state index in [1.807, 2.05) is 18.2 Å². The smallest absolute Gasteiger partial charge is 0.0502 e. The molecule has 2 nitrogen and oxygen atoms in total. The molecular formula is C13H18Cl2N2. The Kier molecular flexibility index (Phi) is 4.31. The molecule has 17 heavy (non-hydrogen) atoms. The van der Waals surface area contributed by atoms with Crippen LogP contribution in [0.4, 0.5) is 0 Å². The van der Waals surface area contributed by atoms with Gasteiger partial charge in [-0.25, -0.2) is 0 Å². The summed E-state index contributed by atoms with van der Waals surface area (Å²) in [6.45, 7) is 3.69. The van der Waals surface area contributed by atoms with Crippen molar-refractivity contribution in [3.8, 4) is 0 Å². The van der Waals surface area contributed by atoms with E-state index in [0.717, 1.165) is 12.1 Å². The van der Waals surface area contributed by atoms with Gasteiger partial charge in [-0.05, 0) is 31.5 Å². The summed E-state index contributed by atoms with van der Waals surface area (Å²) in [5.74, 6) is 0. The van der Waals surface area contributed by atoms with Gasteiger partial charge >= 0.3 is 0 Å². The van der Waals surface area contributed by atoms with E-state index in [-0.39, 0.29) is 6.04 Å². The molecule has 1 aliphatic rings. The van der Waals surface area contributed by atoms with Crippen LogP contribution in [0.5, 0.6) is 0 Å². The van der Waals surface area contributed by atoms with Crippen LogP contribution < -0.4 is 5.73 Å². The summed E-state index contributed by atoms with van der Waals surface area (Å²) in [4.78, 5) is 2.41. The van der Waals surface area contributed by atoms with Crippen LogP contribution in [0.1, 0.15) is 31.4 Å². The lowest BCUT2D eigenvalue weighted by Crippen LogP contribution is -2.35. The zero-order valence-corrected chi connectivity index (χ0v) is 11.5. The molecule has 4 heteroatoms. The molecule has 0 aromatic heterocycles. The van der Waals surface area contributed by atoms with E-state index in [9.17, 15) is 0 Å². The summed E-state index contributed by atoms with van der Waals surface area (Å²) >= 11 is 12.5. The first-order chi connectivity index (χ1) is 8.19. The minimum atomic E-state index is 0.133. The molecule has 0 heterocycles. The highest BCUT2D eigenvalue weighted by Gasteiger charge is 2.34. The number of hydrogen-bond acceptors (Lipinski definition) is 2. The van der Waals surface area contributed by atoms with Gasteiger partial charge in [0.25, 0.3) is 0 Å². The zero-order chi connectivity index (χ0) is 12.4. The second-order valence-corrected chi connectivity index (χ2v) is 5.26. The van der Waals surface area contributed by atoms with Crippen LogP contribution in [0.2, 0.25) is 10.0 Å². The van der Waals surface area contributed by atoms with Crippen LogP contribution in [0.25, 0.3) is 0 Å². The summed E-state index contributed by atoms with van der Waals surface area (Å²) in [5, 5.41) is 1.43. The van der Waals surface area contributed by atoms with Crippen LogP contribution in [0.3, 0.4) is 0 Å². The predicted octanol–water partition coefficient (Wildman–Crippen LogP) is 3.48. The summed E-state index contributed by atoms with van der Waals surface area (Å²) in [5.41, 5.74) is 6.90. The van der Waals surface area contributed by atoms with Crippen LogP contribution in [0, 0.1) is 0 Å². The third-order valence-corrected chi connectivity index (χ3v) is 4.00. The lowest BCUT2D eigenvalue weighted by atomic mass is 10.0. The summed E-state index contributed by atoms with van der Waals surface area (Å²) in [6, 6.07) is 6.42. The number of benzene rings is 1. The molecule has 1 aliphatic carbocycles. The average Bonchev–Trinajstić information content (AvgIpc) is 3.11. The highest BCUT2D eigenvalue weighted by Crippen LogP contribution is 2.38. The fourth-order valence-corrected chi connectivity index (χ4v) is 3.04. The Morgan fingerprint density at radius 1 is 1.35 bits per heavy atom. The Hall–Kier alpha value is -0.280. The Morgan fingerprint density at radius 2 is 1.94 bits per heavy atom. The van der Waals surface area contributed by atoms with Crippen molar-refractivity contribution < 1.29 is 0 Å². The number of halogens is 2. The van der Waals surface area contributed by atoms with E-state index in [1.54, 1.807) is 0 Å². The van der Waals surface area contributed by atoms with Crippen molar-refractivity contribution in [2.45, 2.75) is 31.8 Å². The molecule has 1 fully saturated rings. The molecule has 0 spiro atoms. The van der Waals surface area contributed by atoms with Gasteiger partial charge in [0.15, 0.2) is 0 Å². The lowest BCUT2D eigenvalue weighted by Gasteiger charge is -2.31. The Bertz CT molecular complexity index is 371. The van der Waals surface area contributed by atoms with Crippen molar-refractivity contribution in [2.75, 3.05) is 13.1 Å². The molecule has 2 N–H and O–H groups in total. The second kappa shape index (κ2) is 5.57. The highest BCUT2D eigenvalue weighted by atomic mass is 35.5. The Morgan fingerprint density at radius 3 is 2.35 bits per heavy atom. The zero-order valence-electron chi connectivity index (χ0n) is 10.00. The standard InChI is InChI=1S/C13H18Cl2N2/c1-2-17(9-6-7-9)12(8-16)13-10(14)4-3-5-11(13)15/h3-5,9,12H,2,6-8,16H2,1H3. The molecule has 1 aromatic rings. The molecule has 0 bridgehead atoms. The van der Waals surface area contributed by atoms with Crippen molar-refractivity contribution in [2.24, 2.45) is 5.73 Å². The van der Waals surface area contributed by atoms with Crippen LogP contribution >= 0.6 is 23.2 Å². The van der Waals surface area contributed by atoms with Crippen molar-refractivity contribution in [3.63, 3.8) is 0 Å². The topological polar surface area (TPSA) is 29.3 Å². The van der Waals surface area contributed by atoms with Crippen molar-refractivity contribution in [1.29, 1.82) is 0 Å². The molecule has 1 aromatic carbocycles. The van der Waals surface area contributed by atoms with Gasteiger partial charge in [0.05, 0.1) is 6.04 Å². The summed E-state index contributed by atoms with van der Waals surface area (Å²) in [7, 11) is 0. The van der Waals surface area contributed by atoms with Crippen LogP contribution in [-0.2, 0) is 0 Å². The normalized spacial score (nSPS) is 17.5. The van der Waals surface area contributed by atoms with Gasteiger partial charge in [-0.1, -0.05) is 36.2 Å². The fourth-order valence-electron chi connectivity index (χ4n) is 2.39. The van der Waals surface area contributed by atoms with Crippen LogP contribution in [-0.4, -0.2) is 24.0 Å². The van der Waals surface area contributed by atoms with Gasteiger partial charge in [0.1, 0.15) is 0 Å². The lowest BCUT2D eigenvalue weighted by molar-refractivity contribution is 0.202. The van der Waals surface area contributed by atoms with Gasteiger partial charge in [-0.2, -0.15) is 0 Å². The minimum absolute atomic E-state index is 0.133. The first-order valence-electron chi connectivity index (χ1n) is 6.08. The number of rotatable bonds is 5. The molecule has 0 radical (unpaired) electrons. The maximum Gasteiger partial charge on any atom is 0.0502 e. The van der Waals surface area contributed by atoms with E-state index in [2.05, 4.69) is 11.8 Å². The highest BCUT2D eigenvalue weighted by molar-refractivity contribution is 6.36. The first kappa shape index (κ1) is 13.2. The number of nitrogens with zero attached hydrogens (tertiary/aromatic N) is 1. The summed E-state index contributed by atoms with van der Waals surface area (Å²) < 4.78 is 0. The summed E-state index contributed by atoms with van der Waals surface area (Å²) in [6.07, 6.45) is 2.51. The van der Waals surface area contributed by atoms with Gasteiger partial charge in [-0.3, -0.25) is 4.90 Å². The quantitative estimate of drug-likeness (QED) is 0.890. The molecule has 1 saturated carbocycles. The Labute approximate surface area is 113 Å². The predicted molar refractivity (Wildman–Crippen MR) is 73.7 cm³/mol. The molecule has 1 atom stereocenters. The minimum Gasteiger partial charge on any atom is -0.329 e. The maximum absolute atomic E-state index is 6.26. The molecule has 0 saturated heterocycles. The Balaban J connectivity index is 2.33. The first-order valence-corrected chi connectivity index (χ1v) is 6.84. The largest absolute Gasteiger partial charge is 0.329 e. The maximum atomic E-state index is 6.26. The monoisotopic (exact) mass is 272 g/mol. The van der Waals surface area contributed by atoms with Crippen LogP contribution in [0.15, 0.2) is 18.2 Å². The molecule has 2 rings (SSSR count). The van der Waals surface area contributed by atoms with Crippen molar-refractivity contribution in [3.05, 3.63) is 33.8 Å². The average molecular weight is 273 g/mol. The van der Waals surface area contributed by atoms with E-state index < -0.39 is 0 Å².